The summed E-state index contributed by atoms with van der Waals surface area (Å²) in [5.74, 6) is 1.42. The van der Waals surface area contributed by atoms with Crippen molar-refractivity contribution in [2.24, 2.45) is 0 Å². The lowest BCUT2D eigenvalue weighted by Crippen LogP contribution is -2.44. The Hall–Kier alpha value is -3.16. The zero-order valence-electron chi connectivity index (χ0n) is 18.2. The Labute approximate surface area is 185 Å². The van der Waals surface area contributed by atoms with Gasteiger partial charge in [-0.15, -0.1) is 6.42 Å². The van der Waals surface area contributed by atoms with Crippen molar-refractivity contribution >= 4 is 17.3 Å². The Morgan fingerprint density at radius 1 is 1.25 bits per heavy atom. The molecule has 2 heterocycles. The number of hydrogen-bond acceptors (Lipinski definition) is 6. The molecule has 0 spiro atoms. The highest BCUT2D eigenvalue weighted by Gasteiger charge is 2.34. The molecule has 1 saturated heterocycles. The number of benzene rings is 1. The van der Waals surface area contributed by atoms with Gasteiger partial charge in [-0.1, -0.05) is 6.07 Å². The lowest BCUT2D eigenvalue weighted by Gasteiger charge is -2.33. The Bertz CT molecular complexity index is 1020. The van der Waals surface area contributed by atoms with Crippen molar-refractivity contribution in [3.63, 3.8) is 0 Å². The molecule has 7 nitrogen and oxygen atoms in total. The second kappa shape index (κ2) is 9.54. The molecule has 1 amide bonds. The topological polar surface area (TPSA) is 64.6 Å². The number of rotatable bonds is 5. The number of halogens is 3. The van der Waals surface area contributed by atoms with Crippen molar-refractivity contribution in [3.8, 4) is 12.3 Å². The summed E-state index contributed by atoms with van der Waals surface area (Å²) < 4.78 is 41.2. The van der Waals surface area contributed by atoms with Crippen LogP contribution >= 0.6 is 0 Å². The highest BCUT2D eigenvalue weighted by atomic mass is 19.4. The molecule has 32 heavy (non-hydrogen) atoms. The van der Waals surface area contributed by atoms with Crippen molar-refractivity contribution in [3.05, 3.63) is 47.0 Å². The number of hydrogen-bond donors (Lipinski definition) is 1. The molecule has 0 aliphatic carbocycles. The number of carbonyl (C=O) groups excluding carboxylic acids is 1. The minimum absolute atomic E-state index is 0.00648. The monoisotopic (exact) mass is 446 g/mol. The number of piperazine rings is 1. The maximum absolute atomic E-state index is 13.7. The molecular weight excluding hydrogens is 421 g/mol. The summed E-state index contributed by atoms with van der Waals surface area (Å²) in [4.78, 5) is 26.4. The quantitative estimate of drug-likeness (QED) is 0.713. The Balaban J connectivity index is 1.81. The predicted molar refractivity (Wildman–Crippen MR) is 116 cm³/mol. The van der Waals surface area contributed by atoms with Crippen LogP contribution < -0.4 is 10.2 Å². The number of alkyl halides is 3. The first-order valence-electron chi connectivity index (χ1n) is 10.0. The van der Waals surface area contributed by atoms with Gasteiger partial charge in [0.1, 0.15) is 5.69 Å². The van der Waals surface area contributed by atoms with Crippen molar-refractivity contribution in [1.29, 1.82) is 0 Å². The van der Waals surface area contributed by atoms with E-state index in [9.17, 15) is 18.0 Å². The van der Waals surface area contributed by atoms with E-state index >= 15 is 0 Å². The fraction of sp³-hybridized carbons (Fsp3) is 0.409. The summed E-state index contributed by atoms with van der Waals surface area (Å²) in [6.45, 7) is 3.20. The van der Waals surface area contributed by atoms with Gasteiger partial charge in [-0.25, -0.2) is 9.97 Å². The van der Waals surface area contributed by atoms with E-state index in [0.717, 1.165) is 19.2 Å². The van der Waals surface area contributed by atoms with E-state index in [1.807, 2.05) is 11.9 Å². The molecule has 0 radical (unpaired) electrons. The molecule has 0 unspecified atom stereocenters. The number of nitrogens with zero attached hydrogens (tertiary/aromatic N) is 5. The van der Waals surface area contributed by atoms with Crippen molar-refractivity contribution in [2.45, 2.75) is 12.7 Å². The van der Waals surface area contributed by atoms with Crippen LogP contribution in [0.1, 0.15) is 27.4 Å². The fourth-order valence-corrected chi connectivity index (χ4v) is 3.41. The number of terminal acetylenes is 1. The highest BCUT2D eigenvalue weighted by Crippen LogP contribution is 2.34. The third-order valence-electron chi connectivity index (χ3n) is 5.25. The summed E-state index contributed by atoms with van der Waals surface area (Å²) >= 11 is 0. The number of anilines is 2. The minimum atomic E-state index is -4.55. The molecule has 0 bridgehead atoms. The molecule has 0 saturated carbocycles. The Morgan fingerprint density at radius 2 is 1.94 bits per heavy atom. The van der Waals surface area contributed by atoms with Crippen LogP contribution in [0.4, 0.5) is 24.5 Å². The van der Waals surface area contributed by atoms with Gasteiger partial charge >= 0.3 is 6.18 Å². The molecule has 1 aliphatic rings. The lowest BCUT2D eigenvalue weighted by atomic mass is 10.0. The van der Waals surface area contributed by atoms with Crippen LogP contribution in [0.15, 0.2) is 24.4 Å². The van der Waals surface area contributed by atoms with E-state index in [-0.39, 0.29) is 29.3 Å². The maximum Gasteiger partial charge on any atom is 0.416 e. The molecule has 1 aromatic carbocycles. The number of amides is 1. The van der Waals surface area contributed by atoms with E-state index in [4.69, 9.17) is 6.42 Å². The van der Waals surface area contributed by atoms with E-state index in [2.05, 4.69) is 26.1 Å². The molecule has 1 aromatic heterocycles. The molecule has 1 fully saturated rings. The second-order valence-electron chi connectivity index (χ2n) is 7.87. The zero-order chi connectivity index (χ0) is 23.5. The van der Waals surface area contributed by atoms with Crippen LogP contribution in [-0.2, 0) is 12.7 Å². The molecular formula is C22H25F3N6O. The van der Waals surface area contributed by atoms with Gasteiger partial charge in [-0.2, -0.15) is 13.2 Å². The smallest absolute Gasteiger partial charge is 0.374 e. The SMILES string of the molecule is C#Cc1nc(C(=O)Nc2ccc(CN3CCN(C)CC3)c(C(F)(F)F)c2)ncc1N(C)C. The first-order chi connectivity index (χ1) is 15.1. The molecule has 1 N–H and O–H groups in total. The highest BCUT2D eigenvalue weighted by molar-refractivity contribution is 6.01. The second-order valence-corrected chi connectivity index (χ2v) is 7.87. The summed E-state index contributed by atoms with van der Waals surface area (Å²) in [7, 11) is 5.49. The third-order valence-corrected chi connectivity index (χ3v) is 5.25. The van der Waals surface area contributed by atoms with Gasteiger partial charge in [-0.05, 0) is 30.7 Å². The largest absolute Gasteiger partial charge is 0.416 e. The molecule has 0 atom stereocenters. The zero-order valence-corrected chi connectivity index (χ0v) is 18.2. The van der Waals surface area contributed by atoms with Gasteiger partial charge in [0.15, 0.2) is 0 Å². The summed E-state index contributed by atoms with van der Waals surface area (Å²) in [6, 6.07) is 3.80. The first kappa shape index (κ1) is 23.5. The number of likely N-dealkylation sites (N-methyl/N-ethyl adjacent to an activating group) is 1. The van der Waals surface area contributed by atoms with Crippen LogP contribution in [0.3, 0.4) is 0 Å². The van der Waals surface area contributed by atoms with Crippen molar-refractivity contribution in [1.82, 2.24) is 19.8 Å². The van der Waals surface area contributed by atoms with Crippen molar-refractivity contribution in [2.75, 3.05) is 57.5 Å². The Morgan fingerprint density at radius 3 is 2.53 bits per heavy atom. The number of nitrogens with one attached hydrogen (secondary N) is 1. The molecule has 2 aromatic rings. The average molecular weight is 446 g/mol. The van der Waals surface area contributed by atoms with Gasteiger partial charge < -0.3 is 15.1 Å². The van der Waals surface area contributed by atoms with E-state index < -0.39 is 17.6 Å². The fourth-order valence-electron chi connectivity index (χ4n) is 3.41. The van der Waals surface area contributed by atoms with Crippen LogP contribution in [0.25, 0.3) is 0 Å². The average Bonchev–Trinajstić information content (AvgIpc) is 2.75. The van der Waals surface area contributed by atoms with Gasteiger partial charge in [0, 0.05) is 52.5 Å². The van der Waals surface area contributed by atoms with Crippen LogP contribution in [0.5, 0.6) is 0 Å². The first-order valence-corrected chi connectivity index (χ1v) is 10.0. The summed E-state index contributed by atoms with van der Waals surface area (Å²) in [6.07, 6.45) is 2.30. The van der Waals surface area contributed by atoms with Crippen LogP contribution in [0, 0.1) is 12.3 Å². The normalized spacial score (nSPS) is 15.3. The number of aromatic nitrogens is 2. The standard InChI is InChI=1S/C22H25F3N6O/c1-5-18-19(29(2)3)13-26-20(28-18)21(32)27-16-7-6-15(17(12-16)22(23,24)25)14-31-10-8-30(4)9-11-31/h1,6-7,12-13H,8-11,14H2,2-4H3,(H,27,32). The molecule has 10 heteroatoms. The van der Waals surface area contributed by atoms with Gasteiger partial charge in [0.25, 0.3) is 5.91 Å². The van der Waals surface area contributed by atoms with E-state index in [1.54, 1.807) is 19.0 Å². The Kier molecular flexibility index (Phi) is 7.01. The predicted octanol–water partition coefficient (Wildman–Crippen LogP) is 2.54. The number of carbonyl (C=O) groups is 1. The summed E-state index contributed by atoms with van der Waals surface area (Å²) in [5.41, 5.74) is 0.168. The van der Waals surface area contributed by atoms with Crippen molar-refractivity contribution < 1.29 is 18.0 Å². The molecule has 170 valence electrons. The summed E-state index contributed by atoms with van der Waals surface area (Å²) in [5, 5.41) is 2.44. The van der Waals surface area contributed by atoms with E-state index in [0.29, 0.717) is 18.8 Å². The van der Waals surface area contributed by atoms with E-state index in [1.165, 1.54) is 18.3 Å². The third kappa shape index (κ3) is 5.55. The molecule has 3 rings (SSSR count). The van der Waals surface area contributed by atoms with Crippen LogP contribution in [0.2, 0.25) is 0 Å². The van der Waals surface area contributed by atoms with Gasteiger partial charge in [0.2, 0.25) is 5.82 Å². The van der Waals surface area contributed by atoms with Gasteiger partial charge in [0.05, 0.1) is 17.4 Å². The molecule has 1 aliphatic heterocycles. The maximum atomic E-state index is 13.7. The van der Waals surface area contributed by atoms with Gasteiger partial charge in [-0.3, -0.25) is 9.69 Å². The lowest BCUT2D eigenvalue weighted by molar-refractivity contribution is -0.138. The minimum Gasteiger partial charge on any atom is -0.374 e. The van der Waals surface area contributed by atoms with Crippen LogP contribution in [-0.4, -0.2) is 73.0 Å².